The molecule has 0 spiro atoms. The van der Waals surface area contributed by atoms with Crippen molar-refractivity contribution >= 4 is 16.9 Å². The smallest absolute Gasteiger partial charge is 0.336 e. The van der Waals surface area contributed by atoms with Crippen molar-refractivity contribution in [1.82, 2.24) is 0 Å². The van der Waals surface area contributed by atoms with Gasteiger partial charge < -0.3 is 34.3 Å². The molecule has 2 aromatic rings. The Hall–Kier alpha value is -2.46. The summed E-state index contributed by atoms with van der Waals surface area (Å²) in [6.07, 6.45) is -6.88. The molecule has 5 atom stereocenters. The zero-order valence-corrected chi connectivity index (χ0v) is 13.0. The van der Waals surface area contributed by atoms with Crippen molar-refractivity contribution in [3.8, 4) is 5.75 Å². The van der Waals surface area contributed by atoms with Gasteiger partial charge >= 0.3 is 11.6 Å². The summed E-state index contributed by atoms with van der Waals surface area (Å²) in [5.74, 6) is -1.40. The fourth-order valence-corrected chi connectivity index (χ4v) is 2.66. The fraction of sp³-hybridized carbons (Fsp3) is 0.375. The Morgan fingerprint density at radius 3 is 2.60 bits per heavy atom. The number of hydrogen-bond acceptors (Lipinski definition) is 8. The van der Waals surface area contributed by atoms with Crippen LogP contribution in [0.2, 0.25) is 0 Å². The first-order valence-electron chi connectivity index (χ1n) is 7.37. The van der Waals surface area contributed by atoms with Gasteiger partial charge in [0.2, 0.25) is 6.29 Å². The molecule has 25 heavy (non-hydrogen) atoms. The van der Waals surface area contributed by atoms with Gasteiger partial charge in [0.05, 0.1) is 0 Å². The average molecular weight is 352 g/mol. The molecule has 2 heterocycles. The highest BCUT2D eigenvalue weighted by atomic mass is 16.7. The largest absolute Gasteiger partial charge is 0.479 e. The summed E-state index contributed by atoms with van der Waals surface area (Å²) in [5, 5.41) is 39.9. The molecule has 1 aromatic heterocycles. The molecule has 1 fully saturated rings. The number of benzene rings is 1. The molecule has 134 valence electrons. The standard InChI is InChI=1S/C16H16O9/c1-16(22)12(19)11(18)15(25-13(16)14(20)21)23-8-4-2-7-3-5-10(17)24-9(7)6-8/h2-6,11-13,15,18-19,22H,1H3,(H,20,21)/t11-,12-,13-,15-,16+/m1/s1. The summed E-state index contributed by atoms with van der Waals surface area (Å²) < 4.78 is 15.5. The van der Waals surface area contributed by atoms with Gasteiger partial charge in [-0.15, -0.1) is 0 Å². The Labute approximate surface area is 140 Å². The summed E-state index contributed by atoms with van der Waals surface area (Å²) in [6.45, 7) is 1.04. The van der Waals surface area contributed by atoms with E-state index in [-0.39, 0.29) is 11.3 Å². The Kier molecular flexibility index (Phi) is 4.25. The lowest BCUT2D eigenvalue weighted by Gasteiger charge is -2.44. The first kappa shape index (κ1) is 17.4. The van der Waals surface area contributed by atoms with Gasteiger partial charge in [0.15, 0.2) is 6.10 Å². The van der Waals surface area contributed by atoms with Gasteiger partial charge in [-0.1, -0.05) is 0 Å². The SMILES string of the molecule is C[C@@]1(O)[C@@H](C(=O)O)O[C@@H](Oc2ccc3ccc(=O)oc3c2)[C@H](O)[C@H]1O. The molecule has 1 aromatic carbocycles. The quantitative estimate of drug-likeness (QED) is 0.534. The minimum Gasteiger partial charge on any atom is -0.479 e. The van der Waals surface area contributed by atoms with E-state index in [0.717, 1.165) is 6.92 Å². The second-order valence-electron chi connectivity index (χ2n) is 5.96. The van der Waals surface area contributed by atoms with Crippen molar-refractivity contribution in [2.45, 2.75) is 37.1 Å². The number of rotatable bonds is 3. The molecular formula is C16H16O9. The summed E-state index contributed by atoms with van der Waals surface area (Å²) in [5.41, 5.74) is -2.55. The highest BCUT2D eigenvalue weighted by Gasteiger charge is 2.55. The lowest BCUT2D eigenvalue weighted by atomic mass is 9.86. The van der Waals surface area contributed by atoms with Crippen LogP contribution >= 0.6 is 0 Å². The maximum Gasteiger partial charge on any atom is 0.336 e. The third-order valence-corrected chi connectivity index (χ3v) is 4.07. The number of aliphatic hydroxyl groups excluding tert-OH is 2. The van der Waals surface area contributed by atoms with Crippen LogP contribution in [-0.2, 0) is 9.53 Å². The normalized spacial score (nSPS) is 32.5. The number of carboxylic acid groups (broad SMARTS) is 1. The maximum absolute atomic E-state index is 11.3. The van der Waals surface area contributed by atoms with E-state index >= 15 is 0 Å². The van der Waals surface area contributed by atoms with Crippen LogP contribution < -0.4 is 10.4 Å². The number of hydrogen-bond donors (Lipinski definition) is 4. The zero-order valence-electron chi connectivity index (χ0n) is 13.0. The molecule has 1 saturated heterocycles. The highest BCUT2D eigenvalue weighted by Crippen LogP contribution is 2.32. The molecule has 1 aliphatic heterocycles. The van der Waals surface area contributed by atoms with Gasteiger partial charge in [-0.05, 0) is 25.1 Å². The first-order chi connectivity index (χ1) is 11.7. The topological polar surface area (TPSA) is 147 Å². The summed E-state index contributed by atoms with van der Waals surface area (Å²) in [6, 6.07) is 7.25. The predicted molar refractivity (Wildman–Crippen MR) is 82.0 cm³/mol. The number of carboxylic acids is 1. The van der Waals surface area contributed by atoms with Crippen molar-refractivity contribution in [2.75, 3.05) is 0 Å². The Morgan fingerprint density at radius 1 is 1.24 bits per heavy atom. The highest BCUT2D eigenvalue weighted by molar-refractivity contribution is 5.77. The fourth-order valence-electron chi connectivity index (χ4n) is 2.66. The van der Waals surface area contributed by atoms with E-state index in [2.05, 4.69) is 0 Å². The molecule has 0 bridgehead atoms. The Balaban J connectivity index is 1.89. The van der Waals surface area contributed by atoms with Gasteiger partial charge in [-0.2, -0.15) is 0 Å². The molecule has 4 N–H and O–H groups in total. The lowest BCUT2D eigenvalue weighted by molar-refractivity contribution is -0.300. The molecule has 9 heteroatoms. The van der Waals surface area contributed by atoms with Crippen LogP contribution in [0, 0.1) is 0 Å². The summed E-state index contributed by atoms with van der Waals surface area (Å²) in [7, 11) is 0. The number of carbonyl (C=O) groups is 1. The summed E-state index contributed by atoms with van der Waals surface area (Å²) in [4.78, 5) is 22.5. The van der Waals surface area contributed by atoms with Crippen molar-refractivity contribution in [3.05, 3.63) is 40.8 Å². The van der Waals surface area contributed by atoms with Crippen LogP contribution in [0.4, 0.5) is 0 Å². The molecule has 3 rings (SSSR count). The van der Waals surface area contributed by atoms with E-state index in [1.54, 1.807) is 12.1 Å². The minimum absolute atomic E-state index is 0.115. The molecule has 1 aliphatic rings. The van der Waals surface area contributed by atoms with Crippen molar-refractivity contribution < 1.29 is 39.1 Å². The van der Waals surface area contributed by atoms with Crippen molar-refractivity contribution in [3.63, 3.8) is 0 Å². The summed E-state index contributed by atoms with van der Waals surface area (Å²) >= 11 is 0. The van der Waals surface area contributed by atoms with Crippen LogP contribution in [0.15, 0.2) is 39.5 Å². The minimum atomic E-state index is -2.21. The third kappa shape index (κ3) is 3.10. The molecule has 9 nitrogen and oxygen atoms in total. The van der Waals surface area contributed by atoms with Crippen molar-refractivity contribution in [2.24, 2.45) is 0 Å². The molecule has 0 amide bonds. The Morgan fingerprint density at radius 2 is 1.92 bits per heavy atom. The predicted octanol–water partition coefficient (Wildman–Crippen LogP) is -0.546. The molecular weight excluding hydrogens is 336 g/mol. The second-order valence-corrected chi connectivity index (χ2v) is 5.96. The number of fused-ring (bicyclic) bond motifs is 1. The molecule has 0 radical (unpaired) electrons. The average Bonchev–Trinajstić information content (AvgIpc) is 2.55. The van der Waals surface area contributed by atoms with Gasteiger partial charge in [-0.25, -0.2) is 9.59 Å². The van der Waals surface area contributed by atoms with Crippen LogP contribution in [0.3, 0.4) is 0 Å². The van der Waals surface area contributed by atoms with E-state index in [0.29, 0.717) is 5.39 Å². The van der Waals surface area contributed by atoms with Gasteiger partial charge in [0, 0.05) is 17.5 Å². The second kappa shape index (κ2) is 6.12. The van der Waals surface area contributed by atoms with E-state index in [1.165, 1.54) is 18.2 Å². The van der Waals surface area contributed by atoms with E-state index in [4.69, 9.17) is 19.0 Å². The Bertz CT molecular complexity index is 856. The molecule has 0 aliphatic carbocycles. The zero-order chi connectivity index (χ0) is 18.4. The van der Waals surface area contributed by atoms with Gasteiger partial charge in [-0.3, -0.25) is 0 Å². The van der Waals surface area contributed by atoms with Crippen molar-refractivity contribution in [1.29, 1.82) is 0 Å². The van der Waals surface area contributed by atoms with Gasteiger partial charge in [0.25, 0.3) is 0 Å². The number of aliphatic carboxylic acids is 1. The maximum atomic E-state index is 11.3. The van der Waals surface area contributed by atoms with E-state index < -0.39 is 41.8 Å². The number of aliphatic hydroxyl groups is 3. The van der Waals surface area contributed by atoms with Crippen LogP contribution in [0.5, 0.6) is 5.75 Å². The van der Waals surface area contributed by atoms with E-state index in [1.807, 2.05) is 0 Å². The third-order valence-electron chi connectivity index (χ3n) is 4.07. The number of ether oxygens (including phenoxy) is 2. The molecule has 0 saturated carbocycles. The van der Waals surface area contributed by atoms with E-state index in [9.17, 15) is 24.9 Å². The van der Waals surface area contributed by atoms with Gasteiger partial charge in [0.1, 0.15) is 29.1 Å². The molecule has 0 unspecified atom stereocenters. The lowest BCUT2D eigenvalue weighted by Crippen LogP contribution is -2.67. The van der Waals surface area contributed by atoms with Crippen LogP contribution in [0.1, 0.15) is 6.92 Å². The van der Waals surface area contributed by atoms with Crippen LogP contribution in [0.25, 0.3) is 11.0 Å². The monoisotopic (exact) mass is 352 g/mol. The van der Waals surface area contributed by atoms with Crippen LogP contribution in [-0.4, -0.2) is 56.6 Å². The first-order valence-corrected chi connectivity index (χ1v) is 7.37.